The van der Waals surface area contributed by atoms with Crippen molar-refractivity contribution in [3.8, 4) is 11.3 Å². The zero-order valence-corrected chi connectivity index (χ0v) is 8.98. The highest BCUT2D eigenvalue weighted by Crippen LogP contribution is 2.27. The van der Waals surface area contributed by atoms with Crippen molar-refractivity contribution in [3.05, 3.63) is 40.6 Å². The first-order valence-electron chi connectivity index (χ1n) is 5.06. The van der Waals surface area contributed by atoms with Crippen LogP contribution in [0.25, 0.3) is 11.3 Å². The van der Waals surface area contributed by atoms with Crippen molar-refractivity contribution in [2.75, 3.05) is 6.54 Å². The molecule has 0 aliphatic heterocycles. The number of nitro benzene ring substituents is 1. The summed E-state index contributed by atoms with van der Waals surface area (Å²) in [6, 6.07) is 6.43. The summed E-state index contributed by atoms with van der Waals surface area (Å²) >= 11 is 0. The first-order chi connectivity index (χ1) is 8.22. The lowest BCUT2D eigenvalue weighted by molar-refractivity contribution is -0.384. The Labute approximate surface area is 97.0 Å². The van der Waals surface area contributed by atoms with Crippen LogP contribution >= 0.6 is 0 Å². The van der Waals surface area contributed by atoms with Gasteiger partial charge in [-0.2, -0.15) is 0 Å². The van der Waals surface area contributed by atoms with Crippen molar-refractivity contribution in [2.45, 2.75) is 6.54 Å². The van der Waals surface area contributed by atoms with Gasteiger partial charge in [-0.05, 0) is 6.07 Å². The van der Waals surface area contributed by atoms with E-state index < -0.39 is 4.92 Å². The maximum absolute atomic E-state index is 10.9. The van der Waals surface area contributed by atoms with Gasteiger partial charge in [0.1, 0.15) is 5.69 Å². The highest BCUT2D eigenvalue weighted by molar-refractivity contribution is 5.69. The number of aromatic nitrogens is 3. The van der Waals surface area contributed by atoms with Gasteiger partial charge >= 0.3 is 0 Å². The average Bonchev–Trinajstić information content (AvgIpc) is 2.78. The van der Waals surface area contributed by atoms with Crippen molar-refractivity contribution >= 4 is 5.69 Å². The molecule has 2 N–H and O–H groups in total. The molecule has 0 saturated heterocycles. The van der Waals surface area contributed by atoms with E-state index in [9.17, 15) is 10.1 Å². The molecule has 0 atom stereocenters. The molecule has 0 aliphatic rings. The first kappa shape index (κ1) is 11.2. The van der Waals surface area contributed by atoms with E-state index in [1.165, 1.54) is 6.07 Å². The smallest absolute Gasteiger partial charge is 0.278 e. The van der Waals surface area contributed by atoms with Gasteiger partial charge < -0.3 is 5.73 Å². The Morgan fingerprint density at radius 1 is 1.41 bits per heavy atom. The van der Waals surface area contributed by atoms with Crippen LogP contribution in [0.15, 0.2) is 30.5 Å². The normalized spacial score (nSPS) is 10.4. The average molecular weight is 233 g/mol. The molecule has 0 spiro atoms. The van der Waals surface area contributed by atoms with Crippen LogP contribution in [0.3, 0.4) is 0 Å². The van der Waals surface area contributed by atoms with Crippen molar-refractivity contribution in [1.82, 2.24) is 15.0 Å². The highest BCUT2D eigenvalue weighted by atomic mass is 16.6. The van der Waals surface area contributed by atoms with E-state index in [-0.39, 0.29) is 5.69 Å². The highest BCUT2D eigenvalue weighted by Gasteiger charge is 2.16. The molecule has 0 fully saturated rings. The molecule has 1 heterocycles. The Hall–Kier alpha value is -2.28. The van der Waals surface area contributed by atoms with Crippen molar-refractivity contribution < 1.29 is 4.92 Å². The minimum absolute atomic E-state index is 0.0206. The maximum atomic E-state index is 10.9. The molecular weight excluding hydrogens is 222 g/mol. The summed E-state index contributed by atoms with van der Waals surface area (Å²) in [5.74, 6) is 0. The SMILES string of the molecule is NCCn1cc(-c2ccccc2[N+](=O)[O-])nn1. The lowest BCUT2D eigenvalue weighted by Gasteiger charge is -1.97. The number of hydrogen-bond donors (Lipinski definition) is 1. The van der Waals surface area contributed by atoms with Crippen molar-refractivity contribution in [2.24, 2.45) is 5.73 Å². The Bertz CT molecular complexity index is 537. The van der Waals surface area contributed by atoms with Gasteiger partial charge in [-0.25, -0.2) is 0 Å². The number of para-hydroxylation sites is 1. The molecule has 88 valence electrons. The van der Waals surface area contributed by atoms with Crippen LogP contribution in [0.5, 0.6) is 0 Å². The summed E-state index contributed by atoms with van der Waals surface area (Å²) in [4.78, 5) is 10.4. The van der Waals surface area contributed by atoms with Gasteiger partial charge in [0.15, 0.2) is 0 Å². The third kappa shape index (κ3) is 2.28. The maximum Gasteiger partial charge on any atom is 0.278 e. The van der Waals surface area contributed by atoms with E-state index in [0.717, 1.165) is 0 Å². The molecule has 0 bridgehead atoms. The molecule has 1 aromatic heterocycles. The molecule has 0 aliphatic carbocycles. The van der Waals surface area contributed by atoms with Crippen LogP contribution in [0, 0.1) is 10.1 Å². The number of rotatable bonds is 4. The summed E-state index contributed by atoms with van der Waals surface area (Å²) in [5.41, 5.74) is 6.35. The van der Waals surface area contributed by atoms with E-state index >= 15 is 0 Å². The molecule has 17 heavy (non-hydrogen) atoms. The van der Waals surface area contributed by atoms with Crippen molar-refractivity contribution in [3.63, 3.8) is 0 Å². The molecule has 7 nitrogen and oxygen atoms in total. The summed E-state index contributed by atoms with van der Waals surface area (Å²) in [6.45, 7) is 0.979. The minimum atomic E-state index is -0.433. The third-order valence-corrected chi connectivity index (χ3v) is 2.27. The molecule has 7 heteroatoms. The monoisotopic (exact) mass is 233 g/mol. The van der Waals surface area contributed by atoms with Crippen LogP contribution in [0.1, 0.15) is 0 Å². The Morgan fingerprint density at radius 2 is 2.18 bits per heavy atom. The fraction of sp³-hybridized carbons (Fsp3) is 0.200. The third-order valence-electron chi connectivity index (χ3n) is 2.27. The lowest BCUT2D eigenvalue weighted by Crippen LogP contribution is -2.10. The van der Waals surface area contributed by atoms with Gasteiger partial charge in [-0.15, -0.1) is 5.10 Å². The molecule has 0 unspecified atom stereocenters. The van der Waals surface area contributed by atoms with Crippen molar-refractivity contribution in [1.29, 1.82) is 0 Å². The first-order valence-corrected chi connectivity index (χ1v) is 5.06. The van der Waals surface area contributed by atoms with Gasteiger partial charge in [0.25, 0.3) is 5.69 Å². The van der Waals surface area contributed by atoms with E-state index in [1.54, 1.807) is 29.1 Å². The predicted octanol–water partition coefficient (Wildman–Crippen LogP) is 0.812. The predicted molar refractivity (Wildman–Crippen MR) is 61.2 cm³/mol. The van der Waals surface area contributed by atoms with Crippen LogP contribution in [0.2, 0.25) is 0 Å². The summed E-state index contributed by atoms with van der Waals surface area (Å²) in [7, 11) is 0. The molecule has 2 rings (SSSR count). The van der Waals surface area contributed by atoms with Crippen LogP contribution in [0.4, 0.5) is 5.69 Å². The largest absolute Gasteiger partial charge is 0.329 e. The Balaban J connectivity index is 2.41. The van der Waals surface area contributed by atoms with Gasteiger partial charge in [0, 0.05) is 12.6 Å². The topological polar surface area (TPSA) is 99.9 Å². The molecule has 0 saturated carbocycles. The van der Waals surface area contributed by atoms with Gasteiger partial charge in [0.05, 0.1) is 23.2 Å². The Morgan fingerprint density at radius 3 is 2.88 bits per heavy atom. The second-order valence-electron chi connectivity index (χ2n) is 3.43. The molecule has 2 aromatic rings. The van der Waals surface area contributed by atoms with E-state index in [1.807, 2.05) is 0 Å². The lowest BCUT2D eigenvalue weighted by atomic mass is 10.1. The van der Waals surface area contributed by atoms with E-state index in [0.29, 0.717) is 24.3 Å². The molecule has 1 aromatic carbocycles. The number of benzene rings is 1. The van der Waals surface area contributed by atoms with E-state index in [4.69, 9.17) is 5.73 Å². The fourth-order valence-corrected chi connectivity index (χ4v) is 1.51. The summed E-state index contributed by atoms with van der Waals surface area (Å²) in [5, 5.41) is 18.6. The fourth-order valence-electron chi connectivity index (χ4n) is 1.51. The van der Waals surface area contributed by atoms with Gasteiger partial charge in [-0.3, -0.25) is 14.8 Å². The molecule has 0 amide bonds. The number of nitrogens with zero attached hydrogens (tertiary/aromatic N) is 4. The number of nitrogens with two attached hydrogens (primary N) is 1. The number of hydrogen-bond acceptors (Lipinski definition) is 5. The van der Waals surface area contributed by atoms with Crippen LogP contribution < -0.4 is 5.73 Å². The summed E-state index contributed by atoms with van der Waals surface area (Å²) in [6.07, 6.45) is 1.65. The second kappa shape index (κ2) is 4.71. The van der Waals surface area contributed by atoms with Crippen LogP contribution in [-0.2, 0) is 6.54 Å². The second-order valence-corrected chi connectivity index (χ2v) is 3.43. The van der Waals surface area contributed by atoms with Gasteiger partial charge in [0.2, 0.25) is 0 Å². The van der Waals surface area contributed by atoms with E-state index in [2.05, 4.69) is 10.3 Å². The molecular formula is C10H11N5O2. The van der Waals surface area contributed by atoms with Gasteiger partial charge in [-0.1, -0.05) is 17.3 Å². The standard InChI is InChI=1S/C10H11N5O2/c11-5-6-14-7-9(12-13-14)8-3-1-2-4-10(8)15(16)17/h1-4,7H,5-6,11H2. The molecule has 0 radical (unpaired) electrons. The zero-order valence-electron chi connectivity index (χ0n) is 8.98. The zero-order chi connectivity index (χ0) is 12.3. The number of nitro groups is 1. The minimum Gasteiger partial charge on any atom is -0.329 e. The van der Waals surface area contributed by atoms with Crippen LogP contribution in [-0.4, -0.2) is 26.5 Å². The quantitative estimate of drug-likeness (QED) is 0.622. The summed E-state index contributed by atoms with van der Waals surface area (Å²) < 4.78 is 1.56. The Kier molecular flexibility index (Phi) is 3.10.